The van der Waals surface area contributed by atoms with E-state index < -0.39 is 5.97 Å². The Kier molecular flexibility index (Phi) is 5.48. The number of carbonyl (C=O) groups is 1. The Morgan fingerprint density at radius 3 is 3.11 bits per heavy atom. The van der Waals surface area contributed by atoms with Crippen LogP contribution in [0.2, 0.25) is 0 Å². The molecule has 3 nitrogen and oxygen atoms in total. The number of hydrogen-bond donors (Lipinski definition) is 1. The molecule has 0 spiro atoms. The molecular weight excluding hydrogens is 258 g/mol. The fourth-order valence-electron chi connectivity index (χ4n) is 2.18. The van der Waals surface area contributed by atoms with E-state index in [1.165, 1.54) is 29.6 Å². The summed E-state index contributed by atoms with van der Waals surface area (Å²) in [5.74, 6) is 1.56. The first-order valence-electron chi connectivity index (χ1n) is 6.54. The van der Waals surface area contributed by atoms with Crippen LogP contribution in [0.5, 0.6) is 0 Å². The van der Waals surface area contributed by atoms with Crippen molar-refractivity contribution in [2.75, 3.05) is 24.6 Å². The summed E-state index contributed by atoms with van der Waals surface area (Å²) in [6, 6.07) is 8.10. The number of thioether (sulfide) groups is 1. The van der Waals surface area contributed by atoms with Gasteiger partial charge in [-0.25, -0.2) is 4.79 Å². The number of nitrogens with zero attached hydrogens (tertiary/aromatic N) is 1. The second-order valence-electron chi connectivity index (χ2n) is 4.66. The molecule has 1 aliphatic rings. The lowest BCUT2D eigenvalue weighted by atomic mass is 10.1. The van der Waals surface area contributed by atoms with E-state index in [9.17, 15) is 4.79 Å². The topological polar surface area (TPSA) is 40.5 Å². The Labute approximate surface area is 118 Å². The van der Waals surface area contributed by atoms with E-state index in [2.05, 4.69) is 17.0 Å². The Balaban J connectivity index is 1.99. The van der Waals surface area contributed by atoms with Gasteiger partial charge in [0.15, 0.2) is 0 Å². The van der Waals surface area contributed by atoms with Crippen LogP contribution in [0.3, 0.4) is 0 Å². The molecule has 1 saturated heterocycles. The van der Waals surface area contributed by atoms with Crippen LogP contribution in [0.25, 0.3) is 6.08 Å². The highest BCUT2D eigenvalue weighted by Crippen LogP contribution is 2.14. The van der Waals surface area contributed by atoms with E-state index in [1.54, 1.807) is 6.08 Å². The van der Waals surface area contributed by atoms with Gasteiger partial charge in [0.1, 0.15) is 0 Å². The molecule has 1 aromatic rings. The minimum absolute atomic E-state index is 0.907. The SMILES string of the molecule is O=C(O)/C=C/c1cccc(CN2CCCSCC2)c1. The molecule has 102 valence electrons. The number of rotatable bonds is 4. The summed E-state index contributed by atoms with van der Waals surface area (Å²) in [4.78, 5) is 13.0. The predicted molar refractivity (Wildman–Crippen MR) is 80.3 cm³/mol. The largest absolute Gasteiger partial charge is 0.478 e. The van der Waals surface area contributed by atoms with Gasteiger partial charge in [0.05, 0.1) is 0 Å². The van der Waals surface area contributed by atoms with Crippen LogP contribution in [0.15, 0.2) is 30.3 Å². The summed E-state index contributed by atoms with van der Waals surface area (Å²) in [5.41, 5.74) is 2.20. The summed E-state index contributed by atoms with van der Waals surface area (Å²) in [6.07, 6.45) is 4.08. The molecule has 1 heterocycles. The maximum absolute atomic E-state index is 10.5. The molecule has 1 aliphatic heterocycles. The second-order valence-corrected chi connectivity index (χ2v) is 5.88. The third-order valence-electron chi connectivity index (χ3n) is 3.09. The molecule has 0 bridgehead atoms. The molecule has 0 saturated carbocycles. The van der Waals surface area contributed by atoms with E-state index in [4.69, 9.17) is 5.11 Å². The highest BCUT2D eigenvalue weighted by Gasteiger charge is 2.09. The van der Waals surface area contributed by atoms with Crippen LogP contribution in [0.1, 0.15) is 17.5 Å². The summed E-state index contributed by atoms with van der Waals surface area (Å²) in [5, 5.41) is 8.64. The molecule has 0 amide bonds. The van der Waals surface area contributed by atoms with E-state index in [0.29, 0.717) is 0 Å². The van der Waals surface area contributed by atoms with Crippen molar-refractivity contribution in [2.24, 2.45) is 0 Å². The van der Waals surface area contributed by atoms with Gasteiger partial charge in [-0.3, -0.25) is 4.90 Å². The summed E-state index contributed by atoms with van der Waals surface area (Å²) in [6.45, 7) is 3.25. The van der Waals surface area contributed by atoms with E-state index in [-0.39, 0.29) is 0 Å². The van der Waals surface area contributed by atoms with Gasteiger partial charge in [0.2, 0.25) is 0 Å². The van der Waals surface area contributed by atoms with E-state index >= 15 is 0 Å². The van der Waals surface area contributed by atoms with Crippen LogP contribution >= 0.6 is 11.8 Å². The van der Waals surface area contributed by atoms with Gasteiger partial charge >= 0.3 is 5.97 Å². The minimum atomic E-state index is -0.907. The lowest BCUT2D eigenvalue weighted by molar-refractivity contribution is -0.131. The fourth-order valence-corrected chi connectivity index (χ4v) is 3.10. The van der Waals surface area contributed by atoms with Gasteiger partial charge in [-0.2, -0.15) is 11.8 Å². The standard InChI is InChI=1S/C15H19NO2S/c17-15(18)6-5-13-3-1-4-14(11-13)12-16-7-2-9-19-10-8-16/h1,3-6,11H,2,7-10,12H2,(H,17,18)/b6-5+. The summed E-state index contributed by atoms with van der Waals surface area (Å²) in [7, 11) is 0. The zero-order valence-electron chi connectivity index (χ0n) is 10.9. The van der Waals surface area contributed by atoms with Crippen molar-refractivity contribution in [1.82, 2.24) is 4.90 Å². The maximum atomic E-state index is 10.5. The first kappa shape index (κ1) is 14.2. The van der Waals surface area contributed by atoms with Gasteiger partial charge < -0.3 is 5.11 Å². The molecule has 1 aromatic carbocycles. The molecular formula is C15H19NO2S. The molecule has 0 atom stereocenters. The number of aliphatic carboxylic acids is 1. The lowest BCUT2D eigenvalue weighted by Crippen LogP contribution is -2.25. The van der Waals surface area contributed by atoms with Crippen LogP contribution in [0.4, 0.5) is 0 Å². The Morgan fingerprint density at radius 2 is 2.26 bits per heavy atom. The van der Waals surface area contributed by atoms with Gasteiger partial charge in [-0.15, -0.1) is 0 Å². The first-order chi connectivity index (χ1) is 9.24. The van der Waals surface area contributed by atoms with Crippen LogP contribution < -0.4 is 0 Å². The van der Waals surface area contributed by atoms with Crippen molar-refractivity contribution in [3.05, 3.63) is 41.5 Å². The Hall–Kier alpha value is -1.26. The van der Waals surface area contributed by atoms with Crippen molar-refractivity contribution >= 4 is 23.8 Å². The average molecular weight is 277 g/mol. The van der Waals surface area contributed by atoms with Crippen LogP contribution in [0, 0.1) is 0 Å². The third kappa shape index (κ3) is 5.09. The summed E-state index contributed by atoms with van der Waals surface area (Å²) < 4.78 is 0. The minimum Gasteiger partial charge on any atom is -0.478 e. The molecule has 1 N–H and O–H groups in total. The van der Waals surface area contributed by atoms with Gasteiger partial charge in [0.25, 0.3) is 0 Å². The molecule has 2 rings (SSSR count). The molecule has 4 heteroatoms. The molecule has 0 aromatic heterocycles. The van der Waals surface area contributed by atoms with E-state index in [0.717, 1.165) is 25.2 Å². The molecule has 19 heavy (non-hydrogen) atoms. The number of carboxylic acid groups (broad SMARTS) is 1. The smallest absolute Gasteiger partial charge is 0.328 e. The second kappa shape index (κ2) is 7.36. The third-order valence-corrected chi connectivity index (χ3v) is 4.14. The number of carboxylic acids is 1. The molecule has 0 radical (unpaired) electrons. The van der Waals surface area contributed by atoms with Gasteiger partial charge in [0, 0.05) is 24.9 Å². The quantitative estimate of drug-likeness (QED) is 0.859. The first-order valence-corrected chi connectivity index (χ1v) is 7.69. The van der Waals surface area contributed by atoms with Crippen LogP contribution in [-0.2, 0) is 11.3 Å². The van der Waals surface area contributed by atoms with Gasteiger partial charge in [-0.05, 0) is 35.9 Å². The molecule has 0 aliphatic carbocycles. The average Bonchev–Trinajstić information content (AvgIpc) is 2.65. The Morgan fingerprint density at radius 1 is 1.37 bits per heavy atom. The van der Waals surface area contributed by atoms with Crippen molar-refractivity contribution in [3.63, 3.8) is 0 Å². The van der Waals surface area contributed by atoms with Crippen molar-refractivity contribution in [1.29, 1.82) is 0 Å². The predicted octanol–water partition coefficient (Wildman–Crippen LogP) is 2.72. The zero-order chi connectivity index (χ0) is 13.5. The van der Waals surface area contributed by atoms with Crippen molar-refractivity contribution in [2.45, 2.75) is 13.0 Å². The number of benzene rings is 1. The number of hydrogen-bond acceptors (Lipinski definition) is 3. The molecule has 0 unspecified atom stereocenters. The summed E-state index contributed by atoms with van der Waals surface area (Å²) >= 11 is 2.03. The van der Waals surface area contributed by atoms with Crippen LogP contribution in [-0.4, -0.2) is 40.6 Å². The molecule has 1 fully saturated rings. The van der Waals surface area contributed by atoms with E-state index in [1.807, 2.05) is 23.9 Å². The Bertz CT molecular complexity index is 451. The highest BCUT2D eigenvalue weighted by molar-refractivity contribution is 7.99. The zero-order valence-corrected chi connectivity index (χ0v) is 11.7. The maximum Gasteiger partial charge on any atom is 0.328 e. The monoisotopic (exact) mass is 277 g/mol. The lowest BCUT2D eigenvalue weighted by Gasteiger charge is -2.19. The normalized spacial score (nSPS) is 17.5. The fraction of sp³-hybridized carbons (Fsp3) is 0.400. The highest BCUT2D eigenvalue weighted by atomic mass is 32.2. The van der Waals surface area contributed by atoms with Crippen molar-refractivity contribution in [3.8, 4) is 0 Å². The van der Waals surface area contributed by atoms with Crippen molar-refractivity contribution < 1.29 is 9.90 Å². The van der Waals surface area contributed by atoms with Gasteiger partial charge in [-0.1, -0.05) is 24.3 Å².